The summed E-state index contributed by atoms with van der Waals surface area (Å²) in [5.41, 5.74) is 1.92. The molecule has 0 N–H and O–H groups in total. The third-order valence-corrected chi connectivity index (χ3v) is 2.95. The molecule has 0 spiro atoms. The first-order valence-electron chi connectivity index (χ1n) is 5.41. The van der Waals surface area contributed by atoms with E-state index in [-0.39, 0.29) is 5.97 Å². The molecular weight excluding hydrogens is 220 g/mol. The zero-order valence-electron chi connectivity index (χ0n) is 9.28. The average Bonchev–Trinajstić information content (AvgIpc) is 2.26. The fraction of sp³-hybridized carbons (Fsp3) is 0.231. The number of benzene rings is 1. The van der Waals surface area contributed by atoms with Crippen LogP contribution in [0.5, 0.6) is 5.75 Å². The van der Waals surface area contributed by atoms with E-state index in [0.29, 0.717) is 24.2 Å². The van der Waals surface area contributed by atoms with Crippen LogP contribution in [0.15, 0.2) is 27.4 Å². The Bertz CT molecular complexity index is 682. The van der Waals surface area contributed by atoms with Gasteiger partial charge in [-0.15, -0.1) is 0 Å². The number of carbonyl (C=O) groups is 1. The summed E-state index contributed by atoms with van der Waals surface area (Å²) >= 11 is 0. The van der Waals surface area contributed by atoms with Crippen molar-refractivity contribution in [2.45, 2.75) is 19.8 Å². The molecule has 86 valence electrons. The molecule has 0 fully saturated rings. The lowest BCUT2D eigenvalue weighted by molar-refractivity contribution is -0.135. The Hall–Kier alpha value is -2.10. The summed E-state index contributed by atoms with van der Waals surface area (Å²) in [4.78, 5) is 22.4. The summed E-state index contributed by atoms with van der Waals surface area (Å²) in [5, 5.41) is 0.890. The lowest BCUT2D eigenvalue weighted by Crippen LogP contribution is -2.15. The molecule has 0 unspecified atom stereocenters. The maximum atomic E-state index is 11.3. The summed E-state index contributed by atoms with van der Waals surface area (Å²) in [7, 11) is 0. The standard InChI is InChI=1S/C13H10O4/c1-7-4-13(15)17-11-6-10-8(5-9(7)11)2-3-12(14)16-10/h4-6H,2-3H2,1H3. The third-order valence-electron chi connectivity index (χ3n) is 2.95. The van der Waals surface area contributed by atoms with E-state index in [9.17, 15) is 9.59 Å². The van der Waals surface area contributed by atoms with Gasteiger partial charge < -0.3 is 9.15 Å². The first-order chi connectivity index (χ1) is 8.13. The second kappa shape index (κ2) is 3.45. The quantitative estimate of drug-likeness (QED) is 0.394. The van der Waals surface area contributed by atoms with E-state index in [0.717, 1.165) is 16.5 Å². The van der Waals surface area contributed by atoms with Crippen LogP contribution in [-0.4, -0.2) is 5.97 Å². The fourth-order valence-electron chi connectivity index (χ4n) is 2.09. The zero-order chi connectivity index (χ0) is 12.0. The normalized spacial score (nSPS) is 14.5. The minimum absolute atomic E-state index is 0.244. The smallest absolute Gasteiger partial charge is 0.336 e. The Balaban J connectivity index is 2.32. The Morgan fingerprint density at radius 1 is 1.12 bits per heavy atom. The van der Waals surface area contributed by atoms with Crippen molar-refractivity contribution in [2.75, 3.05) is 0 Å². The van der Waals surface area contributed by atoms with Crippen LogP contribution in [0.3, 0.4) is 0 Å². The SMILES string of the molecule is Cc1cc(=O)oc2cc3c(cc12)CCC(=O)O3. The predicted octanol–water partition coefficient (Wildman–Crippen LogP) is 1.95. The maximum Gasteiger partial charge on any atom is 0.336 e. The molecule has 4 heteroatoms. The molecule has 4 nitrogen and oxygen atoms in total. The molecule has 2 heterocycles. The summed E-state index contributed by atoms with van der Waals surface area (Å²) in [6.07, 6.45) is 1.07. The summed E-state index contributed by atoms with van der Waals surface area (Å²) in [6.45, 7) is 1.86. The largest absolute Gasteiger partial charge is 0.426 e. The van der Waals surface area contributed by atoms with Gasteiger partial charge in [-0.2, -0.15) is 0 Å². The first-order valence-corrected chi connectivity index (χ1v) is 5.41. The van der Waals surface area contributed by atoms with Gasteiger partial charge in [-0.05, 0) is 30.5 Å². The van der Waals surface area contributed by atoms with E-state index in [1.807, 2.05) is 13.0 Å². The highest BCUT2D eigenvalue weighted by atomic mass is 16.5. The van der Waals surface area contributed by atoms with Crippen LogP contribution < -0.4 is 10.4 Å². The van der Waals surface area contributed by atoms with Gasteiger partial charge in [0.25, 0.3) is 0 Å². The molecule has 0 aliphatic carbocycles. The molecule has 1 aromatic heterocycles. The van der Waals surface area contributed by atoms with Crippen LogP contribution in [0.25, 0.3) is 11.0 Å². The molecule has 0 saturated carbocycles. The Kier molecular flexibility index (Phi) is 2.04. The van der Waals surface area contributed by atoms with Crippen molar-refractivity contribution >= 4 is 16.9 Å². The van der Waals surface area contributed by atoms with E-state index >= 15 is 0 Å². The molecule has 0 bridgehead atoms. The minimum Gasteiger partial charge on any atom is -0.426 e. The van der Waals surface area contributed by atoms with E-state index in [4.69, 9.17) is 9.15 Å². The van der Waals surface area contributed by atoms with Crippen molar-refractivity contribution in [1.82, 2.24) is 0 Å². The van der Waals surface area contributed by atoms with Crippen molar-refractivity contribution in [3.8, 4) is 5.75 Å². The van der Waals surface area contributed by atoms with Gasteiger partial charge >= 0.3 is 11.6 Å². The molecule has 0 radical (unpaired) electrons. The monoisotopic (exact) mass is 230 g/mol. The van der Waals surface area contributed by atoms with Crippen molar-refractivity contribution in [3.63, 3.8) is 0 Å². The van der Waals surface area contributed by atoms with Gasteiger partial charge in [0.2, 0.25) is 0 Å². The number of rotatable bonds is 0. The number of aryl methyl sites for hydroxylation is 2. The van der Waals surface area contributed by atoms with Crippen LogP contribution in [0.4, 0.5) is 0 Å². The lowest BCUT2D eigenvalue weighted by Gasteiger charge is -2.16. The Morgan fingerprint density at radius 3 is 2.76 bits per heavy atom. The van der Waals surface area contributed by atoms with Crippen molar-refractivity contribution in [2.24, 2.45) is 0 Å². The van der Waals surface area contributed by atoms with Gasteiger partial charge in [-0.3, -0.25) is 4.79 Å². The second-order valence-electron chi connectivity index (χ2n) is 4.18. The molecule has 1 aromatic carbocycles. The predicted molar refractivity (Wildman–Crippen MR) is 61.2 cm³/mol. The van der Waals surface area contributed by atoms with Gasteiger partial charge in [0.15, 0.2) is 0 Å². The zero-order valence-corrected chi connectivity index (χ0v) is 9.28. The van der Waals surface area contributed by atoms with E-state index in [1.165, 1.54) is 6.07 Å². The molecule has 0 atom stereocenters. The van der Waals surface area contributed by atoms with Gasteiger partial charge in [0.1, 0.15) is 11.3 Å². The third kappa shape index (κ3) is 1.62. The van der Waals surface area contributed by atoms with Crippen LogP contribution in [0, 0.1) is 6.92 Å². The molecule has 0 saturated heterocycles. The Labute approximate surface area is 96.8 Å². The average molecular weight is 230 g/mol. The van der Waals surface area contributed by atoms with Crippen molar-refractivity contribution in [1.29, 1.82) is 0 Å². The van der Waals surface area contributed by atoms with Crippen LogP contribution in [0.1, 0.15) is 17.5 Å². The number of hydrogen-bond donors (Lipinski definition) is 0. The van der Waals surface area contributed by atoms with Gasteiger partial charge in [-0.1, -0.05) is 0 Å². The number of fused-ring (bicyclic) bond motifs is 2. The first kappa shape index (κ1) is 10.1. The van der Waals surface area contributed by atoms with E-state index in [2.05, 4.69) is 0 Å². The molecule has 3 rings (SSSR count). The number of carbonyl (C=O) groups excluding carboxylic acids is 1. The topological polar surface area (TPSA) is 56.5 Å². The van der Waals surface area contributed by atoms with Crippen LogP contribution >= 0.6 is 0 Å². The van der Waals surface area contributed by atoms with E-state index < -0.39 is 5.63 Å². The van der Waals surface area contributed by atoms with Gasteiger partial charge in [0.05, 0.1) is 6.42 Å². The summed E-state index contributed by atoms with van der Waals surface area (Å²) < 4.78 is 10.2. The highest BCUT2D eigenvalue weighted by molar-refractivity contribution is 5.85. The molecule has 0 amide bonds. The minimum atomic E-state index is -0.392. The molecule has 1 aliphatic heterocycles. The van der Waals surface area contributed by atoms with Crippen molar-refractivity contribution < 1.29 is 13.9 Å². The van der Waals surface area contributed by atoms with Crippen molar-refractivity contribution in [3.05, 3.63) is 39.7 Å². The number of esters is 1. The van der Waals surface area contributed by atoms with E-state index in [1.54, 1.807) is 6.07 Å². The molecule has 1 aliphatic rings. The number of hydrogen-bond acceptors (Lipinski definition) is 4. The summed E-state index contributed by atoms with van der Waals surface area (Å²) in [6, 6.07) is 5.01. The summed E-state index contributed by atoms with van der Waals surface area (Å²) in [5.74, 6) is 0.259. The highest BCUT2D eigenvalue weighted by Gasteiger charge is 2.18. The fourth-order valence-corrected chi connectivity index (χ4v) is 2.09. The van der Waals surface area contributed by atoms with Gasteiger partial charge in [0, 0.05) is 17.5 Å². The maximum absolute atomic E-state index is 11.3. The van der Waals surface area contributed by atoms with Crippen LogP contribution in [-0.2, 0) is 11.2 Å². The Morgan fingerprint density at radius 2 is 1.94 bits per heavy atom. The lowest BCUT2D eigenvalue weighted by atomic mass is 10.0. The molecular formula is C13H10O4. The van der Waals surface area contributed by atoms with Gasteiger partial charge in [-0.25, -0.2) is 4.79 Å². The molecule has 17 heavy (non-hydrogen) atoms. The highest BCUT2D eigenvalue weighted by Crippen LogP contribution is 2.30. The number of ether oxygens (including phenoxy) is 1. The van der Waals surface area contributed by atoms with Crippen LogP contribution in [0.2, 0.25) is 0 Å². The molecule has 2 aromatic rings. The second-order valence-corrected chi connectivity index (χ2v) is 4.18.